The highest BCUT2D eigenvalue weighted by Gasteiger charge is 2.33. The highest BCUT2D eigenvalue weighted by molar-refractivity contribution is 6.00. The molecule has 0 radical (unpaired) electrons. The van der Waals surface area contributed by atoms with Crippen LogP contribution in [0.15, 0.2) is 42.0 Å². The lowest BCUT2D eigenvalue weighted by Crippen LogP contribution is -2.48. The molecule has 7 heteroatoms. The van der Waals surface area contributed by atoms with E-state index < -0.39 is 0 Å². The average molecular weight is 447 g/mol. The number of ether oxygens (including phenoxy) is 2. The van der Waals surface area contributed by atoms with Gasteiger partial charge in [-0.2, -0.15) is 5.26 Å². The number of carbonyl (C=O) groups excluding carboxylic acids is 1. The van der Waals surface area contributed by atoms with E-state index in [4.69, 9.17) is 25.9 Å². The van der Waals surface area contributed by atoms with Gasteiger partial charge in [0.15, 0.2) is 0 Å². The van der Waals surface area contributed by atoms with Crippen molar-refractivity contribution in [1.82, 2.24) is 4.90 Å². The van der Waals surface area contributed by atoms with Crippen LogP contribution < -0.4 is 5.73 Å². The smallest absolute Gasteiger partial charge is 0.254 e. The number of rotatable bonds is 7. The number of carbonyl (C=O) groups is 1. The largest absolute Gasteiger partial charge is 0.475 e. The molecule has 3 N–H and O–H groups in total. The first-order chi connectivity index (χ1) is 15.8. The van der Waals surface area contributed by atoms with Crippen molar-refractivity contribution in [3.8, 4) is 6.07 Å². The van der Waals surface area contributed by atoms with E-state index in [1.165, 1.54) is 0 Å². The summed E-state index contributed by atoms with van der Waals surface area (Å²) in [4.78, 5) is 15.1. The molecule has 0 spiro atoms. The van der Waals surface area contributed by atoms with Gasteiger partial charge in [0.25, 0.3) is 5.91 Å². The Kier molecular flexibility index (Phi) is 7.52. The second-order valence-electron chi connectivity index (χ2n) is 8.33. The van der Waals surface area contributed by atoms with Crippen LogP contribution >= 0.6 is 0 Å². The van der Waals surface area contributed by atoms with Gasteiger partial charge in [0.1, 0.15) is 6.61 Å². The monoisotopic (exact) mass is 446 g/mol. The maximum absolute atomic E-state index is 13.2. The SMILES string of the molecule is COCCOC(=N)/C(C)=C(\N)c1cc(C(=O)N2CC(c3ccc(C#N)cc3)C2)c(C)cc1C. The Hall–Kier alpha value is -3.63. The fourth-order valence-electron chi connectivity index (χ4n) is 3.89. The van der Waals surface area contributed by atoms with Crippen molar-refractivity contribution in [2.24, 2.45) is 5.73 Å². The molecule has 1 heterocycles. The molecule has 1 saturated heterocycles. The molecule has 1 aliphatic rings. The summed E-state index contributed by atoms with van der Waals surface area (Å²) in [5.41, 5.74) is 12.2. The van der Waals surface area contributed by atoms with E-state index in [0.29, 0.717) is 42.1 Å². The van der Waals surface area contributed by atoms with Crippen molar-refractivity contribution < 1.29 is 14.3 Å². The van der Waals surface area contributed by atoms with E-state index in [9.17, 15) is 4.79 Å². The maximum atomic E-state index is 13.2. The minimum Gasteiger partial charge on any atom is -0.475 e. The zero-order chi connectivity index (χ0) is 24.1. The van der Waals surface area contributed by atoms with E-state index in [0.717, 1.165) is 22.3 Å². The number of hydrogen-bond donors (Lipinski definition) is 2. The first-order valence-corrected chi connectivity index (χ1v) is 10.8. The Labute approximate surface area is 194 Å². The molecule has 7 nitrogen and oxygen atoms in total. The van der Waals surface area contributed by atoms with Gasteiger partial charge in [-0.15, -0.1) is 0 Å². The predicted octanol–water partition coefficient (Wildman–Crippen LogP) is 3.74. The predicted molar refractivity (Wildman–Crippen MR) is 128 cm³/mol. The molecule has 3 rings (SSSR count). The second kappa shape index (κ2) is 10.3. The number of benzene rings is 2. The standard InChI is InChI=1S/C26H30N4O3/c1-16-11-17(2)23(12-22(16)24(28)18(3)25(29)33-10-9-32-4)26(31)30-14-21(15-30)20-7-5-19(13-27)6-8-20/h5-8,11-12,21,29H,9-10,14-15,28H2,1-4H3/b24-18-,29-25?. The molecule has 2 aromatic rings. The van der Waals surface area contributed by atoms with Gasteiger partial charge in [-0.3, -0.25) is 10.2 Å². The highest BCUT2D eigenvalue weighted by atomic mass is 16.5. The average Bonchev–Trinajstić information content (AvgIpc) is 2.77. The Morgan fingerprint density at radius 3 is 2.39 bits per heavy atom. The van der Waals surface area contributed by atoms with Crippen LogP contribution in [0, 0.1) is 30.6 Å². The molecule has 1 aliphatic heterocycles. The van der Waals surface area contributed by atoms with Crippen molar-refractivity contribution in [3.05, 3.63) is 75.4 Å². The highest BCUT2D eigenvalue weighted by Crippen LogP contribution is 2.30. The van der Waals surface area contributed by atoms with Crippen LogP contribution in [0.3, 0.4) is 0 Å². The number of nitrogens with zero attached hydrogens (tertiary/aromatic N) is 2. The summed E-state index contributed by atoms with van der Waals surface area (Å²) in [6.45, 7) is 7.53. The third-order valence-electron chi connectivity index (χ3n) is 6.05. The van der Waals surface area contributed by atoms with Crippen molar-refractivity contribution in [1.29, 1.82) is 10.7 Å². The summed E-state index contributed by atoms with van der Waals surface area (Å²) >= 11 is 0. The van der Waals surface area contributed by atoms with Gasteiger partial charge in [-0.05, 0) is 55.7 Å². The number of hydrogen-bond acceptors (Lipinski definition) is 6. The van der Waals surface area contributed by atoms with Crippen LogP contribution in [-0.4, -0.2) is 50.1 Å². The Bertz CT molecular complexity index is 1120. The first kappa shape index (κ1) is 24.0. The maximum Gasteiger partial charge on any atom is 0.254 e. The molecular formula is C26H30N4O3. The van der Waals surface area contributed by atoms with Crippen LogP contribution in [0.5, 0.6) is 0 Å². The van der Waals surface area contributed by atoms with Crippen LogP contribution in [-0.2, 0) is 9.47 Å². The van der Waals surface area contributed by atoms with Crippen molar-refractivity contribution in [2.75, 3.05) is 33.4 Å². The molecule has 172 valence electrons. The number of nitrogens with two attached hydrogens (primary N) is 1. The normalized spacial score (nSPS) is 14.2. The van der Waals surface area contributed by atoms with Gasteiger partial charge in [-0.25, -0.2) is 0 Å². The minimum atomic E-state index is -0.0319. The summed E-state index contributed by atoms with van der Waals surface area (Å²) in [5.74, 6) is 0.227. The molecule has 0 unspecified atom stereocenters. The molecule has 2 aromatic carbocycles. The van der Waals surface area contributed by atoms with Crippen LogP contribution in [0.25, 0.3) is 5.70 Å². The van der Waals surface area contributed by atoms with E-state index >= 15 is 0 Å². The fourth-order valence-corrected chi connectivity index (χ4v) is 3.89. The lowest BCUT2D eigenvalue weighted by atomic mass is 9.89. The Morgan fingerprint density at radius 1 is 1.15 bits per heavy atom. The van der Waals surface area contributed by atoms with E-state index in [1.54, 1.807) is 14.0 Å². The number of methoxy groups -OCH3 is 1. The van der Waals surface area contributed by atoms with Gasteiger partial charge in [0.2, 0.25) is 5.90 Å². The number of likely N-dealkylation sites (tertiary alicyclic amines) is 1. The molecule has 0 atom stereocenters. The van der Waals surface area contributed by atoms with E-state index in [2.05, 4.69) is 6.07 Å². The van der Waals surface area contributed by atoms with Crippen molar-refractivity contribution in [3.63, 3.8) is 0 Å². The molecule has 0 aliphatic carbocycles. The number of nitriles is 1. The van der Waals surface area contributed by atoms with Gasteiger partial charge in [0.05, 0.1) is 18.2 Å². The van der Waals surface area contributed by atoms with Gasteiger partial charge < -0.3 is 20.1 Å². The van der Waals surface area contributed by atoms with Crippen molar-refractivity contribution >= 4 is 17.5 Å². The summed E-state index contributed by atoms with van der Waals surface area (Å²) < 4.78 is 10.3. The van der Waals surface area contributed by atoms with E-state index in [1.807, 2.05) is 55.1 Å². The third-order valence-corrected chi connectivity index (χ3v) is 6.05. The fraction of sp³-hybridized carbons (Fsp3) is 0.346. The van der Waals surface area contributed by atoms with Crippen molar-refractivity contribution in [2.45, 2.75) is 26.7 Å². The number of nitrogens with one attached hydrogen (secondary N) is 1. The molecule has 1 fully saturated rings. The van der Waals surface area contributed by atoms with Gasteiger partial charge in [0, 0.05) is 48.5 Å². The molecule has 33 heavy (non-hydrogen) atoms. The molecule has 0 bridgehead atoms. The molecular weight excluding hydrogens is 416 g/mol. The molecule has 0 aromatic heterocycles. The summed E-state index contributed by atoms with van der Waals surface area (Å²) in [6.07, 6.45) is 0. The van der Waals surface area contributed by atoms with E-state index in [-0.39, 0.29) is 24.3 Å². The second-order valence-corrected chi connectivity index (χ2v) is 8.33. The van der Waals surface area contributed by atoms with Crippen LogP contribution in [0.1, 0.15) is 51.0 Å². The number of aryl methyl sites for hydroxylation is 2. The zero-order valence-electron chi connectivity index (χ0n) is 19.6. The van der Waals surface area contributed by atoms with Gasteiger partial charge in [-0.1, -0.05) is 18.2 Å². The summed E-state index contributed by atoms with van der Waals surface area (Å²) in [7, 11) is 1.57. The minimum absolute atomic E-state index is 0.00889. The summed E-state index contributed by atoms with van der Waals surface area (Å²) in [5, 5.41) is 17.1. The zero-order valence-corrected chi connectivity index (χ0v) is 19.6. The molecule has 1 amide bonds. The van der Waals surface area contributed by atoms with Crippen LogP contribution in [0.2, 0.25) is 0 Å². The third kappa shape index (κ3) is 5.24. The first-order valence-electron chi connectivity index (χ1n) is 10.8. The topological polar surface area (TPSA) is 112 Å². The number of amides is 1. The Morgan fingerprint density at radius 2 is 1.79 bits per heavy atom. The lowest BCUT2D eigenvalue weighted by molar-refractivity contribution is 0.0601. The Balaban J connectivity index is 1.77. The molecule has 0 saturated carbocycles. The van der Waals surface area contributed by atoms with Crippen LogP contribution in [0.4, 0.5) is 0 Å². The summed E-state index contributed by atoms with van der Waals surface area (Å²) in [6, 6.07) is 13.4. The van der Waals surface area contributed by atoms with Gasteiger partial charge >= 0.3 is 0 Å². The quantitative estimate of drug-likeness (QED) is 0.382. The lowest BCUT2D eigenvalue weighted by Gasteiger charge is -2.40.